The van der Waals surface area contributed by atoms with Gasteiger partial charge in [-0.3, -0.25) is 19.3 Å². The maximum atomic E-state index is 12.1. The van der Waals surface area contributed by atoms with Crippen molar-refractivity contribution in [2.24, 2.45) is 4.99 Å². The molecule has 0 aliphatic rings. The standard InChI is InChI=1S/C18H17N3O6/c1-25-11-5-6-14(15(8-11)26-2)19-9-13-16(22)20-18(24)21(17(13)23)10-12-4-3-7-27-12/h3-9,23H,10H2,1-2H3,(H,20,22,24). The average Bonchev–Trinajstić information content (AvgIpc) is 3.18. The number of aromatic amines is 1. The van der Waals surface area contributed by atoms with E-state index in [9.17, 15) is 14.7 Å². The first-order chi connectivity index (χ1) is 13.0. The number of furan rings is 1. The van der Waals surface area contributed by atoms with E-state index < -0.39 is 17.1 Å². The highest BCUT2D eigenvalue weighted by atomic mass is 16.5. The molecule has 0 radical (unpaired) electrons. The molecule has 0 bridgehead atoms. The molecule has 3 rings (SSSR count). The van der Waals surface area contributed by atoms with Crippen LogP contribution in [-0.2, 0) is 6.54 Å². The summed E-state index contributed by atoms with van der Waals surface area (Å²) in [6.45, 7) is -0.0405. The third-order valence-corrected chi connectivity index (χ3v) is 3.82. The predicted molar refractivity (Wildman–Crippen MR) is 97.6 cm³/mol. The van der Waals surface area contributed by atoms with E-state index >= 15 is 0 Å². The van der Waals surface area contributed by atoms with Crippen molar-refractivity contribution in [2.75, 3.05) is 14.2 Å². The molecule has 2 N–H and O–H groups in total. The van der Waals surface area contributed by atoms with Gasteiger partial charge >= 0.3 is 5.69 Å². The minimum atomic E-state index is -0.760. The van der Waals surface area contributed by atoms with Gasteiger partial charge in [0.05, 0.1) is 27.0 Å². The van der Waals surface area contributed by atoms with Crippen molar-refractivity contribution in [3.8, 4) is 17.4 Å². The molecular formula is C18H17N3O6. The lowest BCUT2D eigenvalue weighted by molar-refractivity contribution is 0.392. The largest absolute Gasteiger partial charge is 0.497 e. The van der Waals surface area contributed by atoms with E-state index in [0.29, 0.717) is 22.9 Å². The maximum absolute atomic E-state index is 12.1. The van der Waals surface area contributed by atoms with Crippen molar-refractivity contribution < 1.29 is 19.0 Å². The minimum Gasteiger partial charge on any atom is -0.497 e. The lowest BCUT2D eigenvalue weighted by Gasteiger charge is -2.09. The first-order valence-electron chi connectivity index (χ1n) is 7.88. The zero-order chi connectivity index (χ0) is 19.4. The zero-order valence-corrected chi connectivity index (χ0v) is 14.6. The van der Waals surface area contributed by atoms with Gasteiger partial charge in [-0.15, -0.1) is 0 Å². The van der Waals surface area contributed by atoms with Crippen LogP contribution in [0.4, 0.5) is 5.69 Å². The number of benzene rings is 1. The molecule has 3 aromatic rings. The lowest BCUT2D eigenvalue weighted by Crippen LogP contribution is -2.32. The van der Waals surface area contributed by atoms with E-state index in [1.165, 1.54) is 20.5 Å². The molecular weight excluding hydrogens is 354 g/mol. The first-order valence-corrected chi connectivity index (χ1v) is 7.88. The predicted octanol–water partition coefficient (Wildman–Crippen LogP) is 1.65. The summed E-state index contributed by atoms with van der Waals surface area (Å²) in [7, 11) is 3.00. The zero-order valence-electron chi connectivity index (χ0n) is 14.6. The molecule has 0 fully saturated rings. The molecule has 0 saturated heterocycles. The Morgan fingerprint density at radius 1 is 1.26 bits per heavy atom. The Balaban J connectivity index is 2.01. The number of aromatic hydroxyl groups is 1. The summed E-state index contributed by atoms with van der Waals surface area (Å²) < 4.78 is 16.5. The second-order valence-corrected chi connectivity index (χ2v) is 5.46. The summed E-state index contributed by atoms with van der Waals surface area (Å²) in [4.78, 5) is 30.4. The number of nitrogens with one attached hydrogen (secondary N) is 1. The van der Waals surface area contributed by atoms with E-state index in [4.69, 9.17) is 13.9 Å². The van der Waals surface area contributed by atoms with Crippen molar-refractivity contribution >= 4 is 11.9 Å². The molecule has 9 nitrogen and oxygen atoms in total. The molecule has 0 aliphatic carbocycles. The third kappa shape index (κ3) is 3.76. The number of rotatable bonds is 6. The van der Waals surface area contributed by atoms with E-state index in [-0.39, 0.29) is 12.1 Å². The Hall–Kier alpha value is -3.75. The number of aromatic nitrogens is 2. The topological polar surface area (TPSA) is 119 Å². The van der Waals surface area contributed by atoms with Crippen LogP contribution in [0.3, 0.4) is 0 Å². The van der Waals surface area contributed by atoms with Gasteiger partial charge in [0.15, 0.2) is 0 Å². The maximum Gasteiger partial charge on any atom is 0.331 e. The second kappa shape index (κ2) is 7.65. The summed E-state index contributed by atoms with van der Waals surface area (Å²) in [5.74, 6) is 0.930. The molecule has 0 unspecified atom stereocenters. The molecule has 0 atom stereocenters. The fraction of sp³-hybridized carbons (Fsp3) is 0.167. The van der Waals surface area contributed by atoms with Crippen molar-refractivity contribution in [3.05, 3.63) is 68.8 Å². The van der Waals surface area contributed by atoms with E-state index in [1.807, 2.05) is 0 Å². The summed E-state index contributed by atoms with van der Waals surface area (Å²) in [6.07, 6.45) is 2.61. The monoisotopic (exact) mass is 371 g/mol. The van der Waals surface area contributed by atoms with E-state index in [1.54, 1.807) is 30.3 Å². The highest BCUT2D eigenvalue weighted by Gasteiger charge is 2.14. The SMILES string of the molecule is COc1ccc(N=Cc2c(O)n(Cc3ccco3)c(=O)[nH]c2=O)c(OC)c1. The molecule has 0 saturated carbocycles. The van der Waals surface area contributed by atoms with Crippen LogP contribution in [-0.4, -0.2) is 35.1 Å². The molecule has 0 aliphatic heterocycles. The van der Waals surface area contributed by atoms with Gasteiger partial charge in [0, 0.05) is 12.3 Å². The van der Waals surface area contributed by atoms with Crippen LogP contribution in [0.1, 0.15) is 11.3 Å². The molecule has 2 heterocycles. The molecule has 2 aromatic heterocycles. The Bertz CT molecular complexity index is 1080. The fourth-order valence-electron chi connectivity index (χ4n) is 2.42. The lowest BCUT2D eigenvalue weighted by atomic mass is 10.2. The van der Waals surface area contributed by atoms with Gasteiger partial charge in [-0.1, -0.05) is 0 Å². The Labute approximate surface area is 153 Å². The van der Waals surface area contributed by atoms with Crippen molar-refractivity contribution in [1.82, 2.24) is 9.55 Å². The van der Waals surface area contributed by atoms with Crippen LogP contribution < -0.4 is 20.7 Å². The van der Waals surface area contributed by atoms with E-state index in [2.05, 4.69) is 9.98 Å². The number of aliphatic imine (C=N–C) groups is 1. The molecule has 27 heavy (non-hydrogen) atoms. The van der Waals surface area contributed by atoms with Crippen molar-refractivity contribution in [2.45, 2.75) is 6.54 Å². The molecule has 140 valence electrons. The Morgan fingerprint density at radius 3 is 2.74 bits per heavy atom. The third-order valence-electron chi connectivity index (χ3n) is 3.82. The Kier molecular flexibility index (Phi) is 5.11. The summed E-state index contributed by atoms with van der Waals surface area (Å²) >= 11 is 0. The smallest absolute Gasteiger partial charge is 0.331 e. The minimum absolute atomic E-state index is 0.0405. The molecule has 9 heteroatoms. The van der Waals surface area contributed by atoms with Gasteiger partial charge in [0.2, 0.25) is 5.88 Å². The van der Waals surface area contributed by atoms with Crippen LogP contribution >= 0.6 is 0 Å². The quantitative estimate of drug-likeness (QED) is 0.636. The summed E-state index contributed by atoms with van der Waals surface area (Å²) in [5, 5.41) is 10.4. The van der Waals surface area contributed by atoms with Crippen molar-refractivity contribution in [1.29, 1.82) is 0 Å². The van der Waals surface area contributed by atoms with Crippen LogP contribution in [0.25, 0.3) is 0 Å². The number of hydrogen-bond acceptors (Lipinski definition) is 7. The summed E-state index contributed by atoms with van der Waals surface area (Å²) in [6, 6.07) is 8.25. The number of ether oxygens (including phenoxy) is 2. The van der Waals surface area contributed by atoms with Gasteiger partial charge in [0.1, 0.15) is 28.5 Å². The number of nitrogens with zero attached hydrogens (tertiary/aromatic N) is 2. The molecule has 0 spiro atoms. The van der Waals surface area contributed by atoms with Crippen molar-refractivity contribution in [3.63, 3.8) is 0 Å². The first kappa shape index (κ1) is 18.1. The van der Waals surface area contributed by atoms with Gasteiger partial charge < -0.3 is 19.0 Å². The number of methoxy groups -OCH3 is 2. The molecule has 1 aromatic carbocycles. The number of H-pyrrole nitrogens is 1. The molecule has 0 amide bonds. The number of hydrogen-bond donors (Lipinski definition) is 2. The Morgan fingerprint density at radius 2 is 2.07 bits per heavy atom. The second-order valence-electron chi connectivity index (χ2n) is 5.46. The van der Waals surface area contributed by atoms with Gasteiger partial charge in [-0.05, 0) is 24.3 Å². The van der Waals surface area contributed by atoms with Crippen LogP contribution in [0.5, 0.6) is 17.4 Å². The van der Waals surface area contributed by atoms with Crippen LogP contribution in [0.15, 0.2) is 55.6 Å². The van der Waals surface area contributed by atoms with Crippen LogP contribution in [0.2, 0.25) is 0 Å². The van der Waals surface area contributed by atoms with Gasteiger partial charge in [0.25, 0.3) is 5.56 Å². The normalized spacial score (nSPS) is 11.0. The summed E-state index contributed by atoms with van der Waals surface area (Å²) in [5.41, 5.74) is -1.27. The van der Waals surface area contributed by atoms with Gasteiger partial charge in [-0.2, -0.15) is 0 Å². The fourth-order valence-corrected chi connectivity index (χ4v) is 2.42. The average molecular weight is 371 g/mol. The highest BCUT2D eigenvalue weighted by Crippen LogP contribution is 2.31. The van der Waals surface area contributed by atoms with Crippen LogP contribution in [0, 0.1) is 0 Å². The van der Waals surface area contributed by atoms with E-state index in [0.717, 1.165) is 10.8 Å². The highest BCUT2D eigenvalue weighted by molar-refractivity contribution is 5.84. The van der Waals surface area contributed by atoms with Gasteiger partial charge in [-0.25, -0.2) is 4.79 Å².